The van der Waals surface area contributed by atoms with Gasteiger partial charge >= 0.3 is 0 Å². The lowest BCUT2D eigenvalue weighted by Crippen LogP contribution is -2.36. The molecule has 1 aliphatic rings. The molecule has 1 N–H and O–H groups in total. The quantitative estimate of drug-likeness (QED) is 0.375. The van der Waals surface area contributed by atoms with E-state index in [0.717, 1.165) is 48.9 Å². The van der Waals surface area contributed by atoms with Crippen LogP contribution in [-0.4, -0.2) is 57.9 Å². The zero-order chi connectivity index (χ0) is 23.6. The van der Waals surface area contributed by atoms with Gasteiger partial charge in [0.05, 0.1) is 26.0 Å². The number of aromatic nitrogens is 5. The molecule has 6 rings (SSSR count). The van der Waals surface area contributed by atoms with E-state index in [-0.39, 0.29) is 0 Å². The fourth-order valence-corrected chi connectivity index (χ4v) is 4.67. The molecule has 176 valence electrons. The Hall–Kier alpha value is -4.02. The smallest absolute Gasteiger partial charge is 0.212 e. The summed E-state index contributed by atoms with van der Waals surface area (Å²) < 4.78 is 12.6. The maximum atomic E-state index is 5.47. The van der Waals surface area contributed by atoms with Crippen molar-refractivity contribution in [1.29, 1.82) is 0 Å². The van der Waals surface area contributed by atoms with E-state index in [0.29, 0.717) is 23.0 Å². The van der Waals surface area contributed by atoms with Crippen molar-refractivity contribution < 1.29 is 9.47 Å². The molecule has 5 aromatic rings. The first-order valence-electron chi connectivity index (χ1n) is 11.3. The Bertz CT molecular complexity index is 1430. The van der Waals surface area contributed by atoms with E-state index in [1.54, 1.807) is 37.0 Å². The van der Waals surface area contributed by atoms with Gasteiger partial charge in [0.1, 0.15) is 6.33 Å². The zero-order valence-electron chi connectivity index (χ0n) is 19.1. The molecule has 9 nitrogen and oxygen atoms in total. The molecule has 0 aliphatic carbocycles. The summed E-state index contributed by atoms with van der Waals surface area (Å²) in [6, 6.07) is 14.1. The molecule has 5 heterocycles. The highest BCUT2D eigenvalue weighted by atomic mass is 32.1. The summed E-state index contributed by atoms with van der Waals surface area (Å²) in [4.78, 5) is 21.0. The molecule has 0 saturated carbocycles. The Balaban J connectivity index is 1.39. The third-order valence-corrected chi connectivity index (χ3v) is 6.56. The van der Waals surface area contributed by atoms with Crippen molar-refractivity contribution in [3.8, 4) is 23.0 Å². The summed E-state index contributed by atoms with van der Waals surface area (Å²) in [5, 5.41) is 7.55. The molecule has 0 spiro atoms. The molecule has 10 heteroatoms. The van der Waals surface area contributed by atoms with Gasteiger partial charge in [-0.3, -0.25) is 4.57 Å². The van der Waals surface area contributed by atoms with Gasteiger partial charge in [0.15, 0.2) is 22.8 Å². The average Bonchev–Trinajstić information content (AvgIpc) is 3.60. The van der Waals surface area contributed by atoms with Crippen molar-refractivity contribution in [3.05, 3.63) is 65.7 Å². The van der Waals surface area contributed by atoms with E-state index in [2.05, 4.69) is 49.8 Å². The van der Waals surface area contributed by atoms with Crippen LogP contribution in [-0.2, 0) is 4.74 Å². The number of rotatable bonds is 6. The van der Waals surface area contributed by atoms with Gasteiger partial charge in [-0.2, -0.15) is 11.3 Å². The topological polar surface area (TPSA) is 90.2 Å². The number of ether oxygens (including phenoxy) is 2. The second-order valence-corrected chi connectivity index (χ2v) is 8.80. The van der Waals surface area contributed by atoms with Crippen LogP contribution in [0.5, 0.6) is 5.88 Å². The Morgan fingerprint density at radius 3 is 2.54 bits per heavy atom. The van der Waals surface area contributed by atoms with Crippen molar-refractivity contribution in [2.24, 2.45) is 0 Å². The first kappa shape index (κ1) is 21.5. The molecule has 1 aliphatic heterocycles. The number of hydrogen-bond acceptors (Lipinski definition) is 9. The summed E-state index contributed by atoms with van der Waals surface area (Å²) in [5.74, 6) is 1.72. The average molecular weight is 486 g/mol. The molecule has 0 bridgehead atoms. The van der Waals surface area contributed by atoms with Crippen LogP contribution in [0.4, 0.5) is 17.2 Å². The van der Waals surface area contributed by atoms with E-state index in [4.69, 9.17) is 19.4 Å². The maximum absolute atomic E-state index is 5.47. The van der Waals surface area contributed by atoms with Crippen LogP contribution in [0.25, 0.3) is 28.2 Å². The van der Waals surface area contributed by atoms with Crippen LogP contribution in [0.3, 0.4) is 0 Å². The van der Waals surface area contributed by atoms with E-state index in [1.165, 1.54) is 5.69 Å². The number of nitrogens with one attached hydrogen (secondary N) is 1. The number of pyridine rings is 1. The molecular weight excluding hydrogens is 462 g/mol. The van der Waals surface area contributed by atoms with Crippen molar-refractivity contribution in [3.63, 3.8) is 0 Å². The molecule has 1 aromatic carbocycles. The fraction of sp³-hybridized carbons (Fsp3) is 0.200. The number of imidazole rings is 1. The summed E-state index contributed by atoms with van der Waals surface area (Å²) in [6.07, 6.45) is 3.50. The standard InChI is InChI=1S/C25H23N7O2S/c1-33-21-7-2-17(14-26-21)23-29-24(22-25(30-23)32(16-27-22)20-8-13-35-15-20)28-18-3-5-19(6-4-18)31-9-11-34-12-10-31/h2-8,13-16H,9-12H2,1H3,(H,28,29,30). The van der Waals surface area contributed by atoms with Crippen LogP contribution in [0.1, 0.15) is 0 Å². The Labute approximate surface area is 206 Å². The van der Waals surface area contributed by atoms with Crippen molar-refractivity contribution in [2.45, 2.75) is 0 Å². The monoisotopic (exact) mass is 485 g/mol. The molecule has 1 saturated heterocycles. The summed E-state index contributed by atoms with van der Waals surface area (Å²) >= 11 is 1.63. The minimum atomic E-state index is 0.539. The van der Waals surface area contributed by atoms with Gasteiger partial charge < -0.3 is 19.7 Å². The lowest BCUT2D eigenvalue weighted by molar-refractivity contribution is 0.122. The molecule has 35 heavy (non-hydrogen) atoms. The normalized spacial score (nSPS) is 13.8. The van der Waals surface area contributed by atoms with Crippen LogP contribution in [0.15, 0.2) is 65.7 Å². The van der Waals surface area contributed by atoms with Gasteiger partial charge in [0, 0.05) is 47.7 Å². The molecule has 0 atom stereocenters. The Morgan fingerprint density at radius 1 is 0.971 bits per heavy atom. The first-order chi connectivity index (χ1) is 17.3. The Kier molecular flexibility index (Phi) is 5.73. The molecular formula is C25H23N7O2S. The van der Waals surface area contributed by atoms with Gasteiger partial charge in [0.2, 0.25) is 5.88 Å². The lowest BCUT2D eigenvalue weighted by atomic mass is 10.2. The van der Waals surface area contributed by atoms with Crippen molar-refractivity contribution in [2.75, 3.05) is 43.6 Å². The molecule has 0 unspecified atom stereocenters. The number of nitrogens with zero attached hydrogens (tertiary/aromatic N) is 6. The predicted octanol–water partition coefficient (Wildman–Crippen LogP) is 4.53. The number of hydrogen-bond donors (Lipinski definition) is 1. The fourth-order valence-electron chi connectivity index (χ4n) is 4.05. The summed E-state index contributed by atoms with van der Waals surface area (Å²) in [7, 11) is 1.59. The molecule has 1 fully saturated rings. The number of morpholine rings is 1. The molecule has 0 radical (unpaired) electrons. The second-order valence-electron chi connectivity index (χ2n) is 8.02. The highest BCUT2D eigenvalue weighted by Gasteiger charge is 2.17. The maximum Gasteiger partial charge on any atom is 0.212 e. The van der Waals surface area contributed by atoms with Crippen LogP contribution in [0, 0.1) is 0 Å². The van der Waals surface area contributed by atoms with Gasteiger partial charge in [-0.15, -0.1) is 0 Å². The minimum Gasteiger partial charge on any atom is -0.481 e. The van der Waals surface area contributed by atoms with Gasteiger partial charge in [-0.05, 0) is 41.8 Å². The third-order valence-electron chi connectivity index (χ3n) is 5.89. The van der Waals surface area contributed by atoms with Crippen LogP contribution >= 0.6 is 11.3 Å². The highest BCUT2D eigenvalue weighted by Crippen LogP contribution is 2.29. The lowest BCUT2D eigenvalue weighted by Gasteiger charge is -2.28. The first-order valence-corrected chi connectivity index (χ1v) is 12.2. The zero-order valence-corrected chi connectivity index (χ0v) is 19.9. The van der Waals surface area contributed by atoms with Crippen LogP contribution in [0.2, 0.25) is 0 Å². The SMILES string of the molecule is COc1ccc(-c2nc(Nc3ccc(N4CCOCC4)cc3)c3ncn(-c4ccsc4)c3n2)cn1. The predicted molar refractivity (Wildman–Crippen MR) is 137 cm³/mol. The molecule has 0 amide bonds. The number of fused-ring (bicyclic) bond motifs is 1. The Morgan fingerprint density at radius 2 is 1.83 bits per heavy atom. The van der Waals surface area contributed by atoms with E-state index < -0.39 is 0 Å². The van der Waals surface area contributed by atoms with E-state index >= 15 is 0 Å². The van der Waals surface area contributed by atoms with Crippen molar-refractivity contribution in [1.82, 2.24) is 24.5 Å². The van der Waals surface area contributed by atoms with E-state index in [1.807, 2.05) is 22.1 Å². The summed E-state index contributed by atoms with van der Waals surface area (Å²) in [5.41, 5.74) is 5.31. The number of methoxy groups -OCH3 is 1. The summed E-state index contributed by atoms with van der Waals surface area (Å²) in [6.45, 7) is 3.32. The number of benzene rings is 1. The second kappa shape index (κ2) is 9.32. The number of anilines is 3. The molecule has 4 aromatic heterocycles. The van der Waals surface area contributed by atoms with Gasteiger partial charge in [0.25, 0.3) is 0 Å². The number of thiophene rings is 1. The highest BCUT2D eigenvalue weighted by molar-refractivity contribution is 7.08. The van der Waals surface area contributed by atoms with Gasteiger partial charge in [-0.25, -0.2) is 19.9 Å². The van der Waals surface area contributed by atoms with E-state index in [9.17, 15) is 0 Å². The van der Waals surface area contributed by atoms with Crippen molar-refractivity contribution >= 4 is 39.7 Å². The largest absolute Gasteiger partial charge is 0.481 e. The third kappa shape index (κ3) is 4.29. The van der Waals surface area contributed by atoms with Gasteiger partial charge in [-0.1, -0.05) is 0 Å². The minimum absolute atomic E-state index is 0.539. The van der Waals surface area contributed by atoms with Crippen LogP contribution < -0.4 is 15.0 Å².